The molecule has 3 aromatic heterocycles. The molecule has 5 heterocycles. The predicted octanol–water partition coefficient (Wildman–Crippen LogP) is 2.62. The van der Waals surface area contributed by atoms with Gasteiger partial charge in [0.05, 0.1) is 36.1 Å². The van der Waals surface area contributed by atoms with Crippen LogP contribution in [0.1, 0.15) is 12.0 Å². The molecule has 2 fully saturated rings. The van der Waals surface area contributed by atoms with Gasteiger partial charge < -0.3 is 15.0 Å². The maximum absolute atomic E-state index is 14.1. The van der Waals surface area contributed by atoms with Crippen molar-refractivity contribution in [3.63, 3.8) is 0 Å². The van der Waals surface area contributed by atoms with Crippen LogP contribution in [-0.4, -0.2) is 51.4 Å². The van der Waals surface area contributed by atoms with Gasteiger partial charge in [-0.15, -0.1) is 0 Å². The highest BCUT2D eigenvalue weighted by Crippen LogP contribution is 2.32. The molecule has 1 N–H and O–H groups in total. The largest absolute Gasteiger partial charge is 0.480 e. The van der Waals surface area contributed by atoms with Crippen LogP contribution in [0, 0.1) is 17.5 Å². The number of nitrogens with zero attached hydrogens (tertiary/aromatic N) is 5. The maximum atomic E-state index is 14.1. The van der Waals surface area contributed by atoms with Crippen molar-refractivity contribution in [1.82, 2.24) is 24.4 Å². The second kappa shape index (κ2) is 9.14. The predicted molar refractivity (Wildman–Crippen MR) is 134 cm³/mol. The van der Waals surface area contributed by atoms with Crippen molar-refractivity contribution in [1.29, 1.82) is 0 Å². The lowest BCUT2D eigenvalue weighted by molar-refractivity contribution is 0.402. The van der Waals surface area contributed by atoms with E-state index in [1.807, 2.05) is 0 Å². The third-order valence-electron chi connectivity index (χ3n) is 6.96. The summed E-state index contributed by atoms with van der Waals surface area (Å²) in [4.78, 5) is 38.2. The molecule has 2 saturated heterocycles. The lowest BCUT2D eigenvalue weighted by Gasteiger charge is -2.29. The third kappa shape index (κ3) is 3.91. The van der Waals surface area contributed by atoms with Gasteiger partial charge in [-0.05, 0) is 30.2 Å². The van der Waals surface area contributed by atoms with E-state index in [2.05, 4.69) is 20.2 Å². The van der Waals surface area contributed by atoms with Crippen LogP contribution >= 0.6 is 11.6 Å². The van der Waals surface area contributed by atoms with E-state index in [0.717, 1.165) is 29.7 Å². The Kier molecular flexibility index (Phi) is 5.88. The lowest BCUT2D eigenvalue weighted by Crippen LogP contribution is -2.44. The van der Waals surface area contributed by atoms with Crippen molar-refractivity contribution in [2.24, 2.45) is 0 Å². The Bertz CT molecular complexity index is 1700. The summed E-state index contributed by atoms with van der Waals surface area (Å²) in [6.07, 6.45) is 3.55. The highest BCUT2D eigenvalue weighted by molar-refractivity contribution is 6.30. The van der Waals surface area contributed by atoms with E-state index in [0.29, 0.717) is 18.4 Å². The van der Waals surface area contributed by atoms with Gasteiger partial charge in [0.1, 0.15) is 11.2 Å². The van der Waals surface area contributed by atoms with Crippen LogP contribution in [0.3, 0.4) is 0 Å². The monoisotopic (exact) mass is 544 g/mol. The quantitative estimate of drug-likeness (QED) is 0.386. The number of hydrogen-bond donors (Lipinski definition) is 1. The molecular weight excluding hydrogens is 525 g/mol. The summed E-state index contributed by atoms with van der Waals surface area (Å²) in [6.45, 7) is 1.06. The van der Waals surface area contributed by atoms with Gasteiger partial charge in [0.25, 0.3) is 5.56 Å². The number of rotatable bonds is 5. The highest BCUT2D eigenvalue weighted by atomic mass is 35.5. The van der Waals surface area contributed by atoms with Gasteiger partial charge in [-0.25, -0.2) is 22.5 Å². The molecule has 0 unspecified atom stereocenters. The third-order valence-corrected chi connectivity index (χ3v) is 7.17. The average Bonchev–Trinajstić information content (AvgIpc) is 3.53. The second-order valence-corrected chi connectivity index (χ2v) is 9.71. The summed E-state index contributed by atoms with van der Waals surface area (Å²) in [5.74, 6) is -3.94. The minimum absolute atomic E-state index is 0.0211. The molecule has 196 valence electrons. The van der Waals surface area contributed by atoms with E-state index < -0.39 is 28.7 Å². The van der Waals surface area contributed by atoms with Gasteiger partial charge in [0.2, 0.25) is 5.88 Å². The molecule has 4 aromatic rings. The van der Waals surface area contributed by atoms with Gasteiger partial charge in [-0.2, -0.15) is 4.98 Å². The zero-order valence-corrected chi connectivity index (χ0v) is 20.7. The van der Waals surface area contributed by atoms with E-state index in [1.54, 1.807) is 6.07 Å². The lowest BCUT2D eigenvalue weighted by atomic mass is 10.2. The first-order valence-corrected chi connectivity index (χ1v) is 12.1. The number of benzene rings is 1. The van der Waals surface area contributed by atoms with E-state index >= 15 is 0 Å². The van der Waals surface area contributed by atoms with Crippen molar-refractivity contribution in [2.45, 2.75) is 25.0 Å². The first-order chi connectivity index (χ1) is 18.2. The number of pyridine rings is 2. The van der Waals surface area contributed by atoms with Crippen molar-refractivity contribution < 1.29 is 17.9 Å². The van der Waals surface area contributed by atoms with E-state index in [9.17, 15) is 22.8 Å². The first kappa shape index (κ1) is 24.4. The van der Waals surface area contributed by atoms with Crippen molar-refractivity contribution in [3.05, 3.63) is 85.5 Å². The molecule has 0 amide bonds. The van der Waals surface area contributed by atoms with Crippen molar-refractivity contribution in [2.75, 3.05) is 25.1 Å². The SMILES string of the molecule is COc1nc(N2C[C@H]3C[C@@H]2CN3)cc2c1c(=O)n(-c1cncc(Cl)c1)c(=O)n2Cc1cc(F)c(F)c(F)c1. The molecule has 2 atom stereocenters. The summed E-state index contributed by atoms with van der Waals surface area (Å²) in [5, 5.41) is 3.56. The molecule has 0 spiro atoms. The number of fused-ring (bicyclic) bond motifs is 3. The molecule has 13 heteroatoms. The van der Waals surface area contributed by atoms with Gasteiger partial charge in [0, 0.05) is 37.4 Å². The Morgan fingerprint density at radius 1 is 1.13 bits per heavy atom. The molecule has 0 radical (unpaired) electrons. The molecule has 9 nitrogen and oxygen atoms in total. The van der Waals surface area contributed by atoms with Gasteiger partial charge >= 0.3 is 5.69 Å². The fourth-order valence-corrected chi connectivity index (χ4v) is 5.42. The zero-order valence-electron chi connectivity index (χ0n) is 19.9. The fourth-order valence-electron chi connectivity index (χ4n) is 5.25. The Balaban J connectivity index is 1.64. The Labute approximate surface area is 218 Å². The summed E-state index contributed by atoms with van der Waals surface area (Å²) in [5.41, 5.74) is -1.36. The summed E-state index contributed by atoms with van der Waals surface area (Å²) in [7, 11) is 1.36. The van der Waals surface area contributed by atoms with Crippen LogP contribution in [0.15, 0.2) is 46.2 Å². The van der Waals surface area contributed by atoms with Crippen LogP contribution in [-0.2, 0) is 6.54 Å². The van der Waals surface area contributed by atoms with Gasteiger partial charge in [-0.1, -0.05) is 11.6 Å². The van der Waals surface area contributed by atoms with E-state index in [1.165, 1.54) is 30.1 Å². The van der Waals surface area contributed by atoms with Crippen molar-refractivity contribution >= 4 is 28.3 Å². The van der Waals surface area contributed by atoms with Crippen LogP contribution in [0.4, 0.5) is 19.0 Å². The number of ether oxygens (including phenoxy) is 1. The smallest absolute Gasteiger partial charge is 0.336 e. The number of halogens is 4. The molecule has 2 aliphatic rings. The topological polar surface area (TPSA) is 94.3 Å². The molecule has 6 rings (SSSR count). The van der Waals surface area contributed by atoms with Crippen LogP contribution in [0.25, 0.3) is 16.6 Å². The summed E-state index contributed by atoms with van der Waals surface area (Å²) in [6, 6.07) is 5.05. The normalized spacial score (nSPS) is 18.5. The van der Waals surface area contributed by atoms with Gasteiger partial charge in [0.15, 0.2) is 17.5 Å². The highest BCUT2D eigenvalue weighted by Gasteiger charge is 2.38. The second-order valence-electron chi connectivity index (χ2n) is 9.28. The van der Waals surface area contributed by atoms with Crippen LogP contribution in [0.5, 0.6) is 5.88 Å². The Morgan fingerprint density at radius 2 is 1.89 bits per heavy atom. The Hall–Kier alpha value is -3.90. The molecule has 1 aromatic carbocycles. The molecule has 38 heavy (non-hydrogen) atoms. The van der Waals surface area contributed by atoms with Crippen molar-refractivity contribution in [3.8, 4) is 11.6 Å². The maximum Gasteiger partial charge on any atom is 0.336 e. The minimum Gasteiger partial charge on any atom is -0.480 e. The van der Waals surface area contributed by atoms with Crippen LogP contribution in [0.2, 0.25) is 5.02 Å². The summed E-state index contributed by atoms with van der Waals surface area (Å²) >= 11 is 6.07. The molecule has 0 aliphatic carbocycles. The molecule has 2 aliphatic heterocycles. The first-order valence-electron chi connectivity index (χ1n) is 11.7. The molecule has 2 bridgehead atoms. The number of aromatic nitrogens is 4. The van der Waals surface area contributed by atoms with Crippen LogP contribution < -0.4 is 26.2 Å². The standard InChI is InChI=1S/C25H20ClF3N6O3/c1-38-23-21-19(6-20(32-23)33-11-14-5-15(33)9-31-14)34(10-12-2-17(27)22(29)18(28)3-12)25(37)35(24(21)36)16-4-13(26)7-30-8-16/h2-4,6-8,14-15,31H,5,9-11H2,1H3/t14-,15-/m1/s1. The number of anilines is 1. The minimum atomic E-state index is -1.62. The molecular formula is C25H20ClF3N6O3. The molecule has 0 saturated carbocycles. The number of piperazine rings is 1. The van der Waals surface area contributed by atoms with Gasteiger partial charge in [-0.3, -0.25) is 14.3 Å². The zero-order chi connectivity index (χ0) is 26.7. The average molecular weight is 545 g/mol. The number of hydrogen-bond acceptors (Lipinski definition) is 7. The fraction of sp³-hybridized carbons (Fsp3) is 0.280. The van der Waals surface area contributed by atoms with E-state index in [-0.39, 0.29) is 45.6 Å². The number of nitrogens with one attached hydrogen (secondary N) is 1. The Morgan fingerprint density at radius 3 is 2.53 bits per heavy atom. The van der Waals surface area contributed by atoms with E-state index in [4.69, 9.17) is 16.3 Å². The number of methoxy groups -OCH3 is 1. The summed E-state index contributed by atoms with van der Waals surface area (Å²) < 4.78 is 49.3.